The Kier molecular flexibility index (Phi) is 4.16. The molecule has 1 fully saturated rings. The lowest BCUT2D eigenvalue weighted by atomic mass is 9.71. The Labute approximate surface area is 119 Å². The van der Waals surface area contributed by atoms with Crippen LogP contribution in [0, 0.1) is 11.3 Å². The number of hydrogen-bond acceptors (Lipinski definition) is 3. The van der Waals surface area contributed by atoms with Crippen LogP contribution in [-0.4, -0.2) is 26.0 Å². The molecule has 1 atom stereocenters. The van der Waals surface area contributed by atoms with E-state index in [1.54, 1.807) is 25.3 Å². The molecule has 0 radical (unpaired) electrons. The first-order valence-corrected chi connectivity index (χ1v) is 6.98. The van der Waals surface area contributed by atoms with E-state index < -0.39 is 0 Å². The molecule has 1 heterocycles. The molecular formula is C15H20ClNO2. The number of carbonyl (C=O) groups is 1. The van der Waals surface area contributed by atoms with Crippen molar-refractivity contribution in [2.24, 2.45) is 11.3 Å². The van der Waals surface area contributed by atoms with Crippen molar-refractivity contribution in [3.05, 3.63) is 28.8 Å². The minimum atomic E-state index is -0.349. The minimum Gasteiger partial charge on any atom is -0.496 e. The predicted octanol–water partition coefficient (Wildman–Crippen LogP) is 3.17. The minimum absolute atomic E-state index is 0.131. The van der Waals surface area contributed by atoms with Crippen molar-refractivity contribution in [1.29, 1.82) is 0 Å². The lowest BCUT2D eigenvalue weighted by molar-refractivity contribution is 0.0736. The SMILES string of the molecule is COc1ccc(Cl)cc1C(=O)C1(C(C)C)CCNC1. The molecule has 0 aliphatic carbocycles. The van der Waals surface area contributed by atoms with Gasteiger partial charge >= 0.3 is 0 Å². The molecule has 0 aromatic heterocycles. The Morgan fingerprint density at radius 1 is 1.47 bits per heavy atom. The van der Waals surface area contributed by atoms with Gasteiger partial charge in [0.05, 0.1) is 12.7 Å². The molecule has 1 N–H and O–H groups in total. The summed E-state index contributed by atoms with van der Waals surface area (Å²) in [4.78, 5) is 13.0. The molecule has 4 heteroatoms. The smallest absolute Gasteiger partial charge is 0.174 e. The first-order chi connectivity index (χ1) is 9.01. The third-order valence-electron chi connectivity index (χ3n) is 4.15. The molecule has 1 aliphatic heterocycles. The summed E-state index contributed by atoms with van der Waals surface area (Å²) in [7, 11) is 1.58. The van der Waals surface area contributed by atoms with Gasteiger partial charge < -0.3 is 10.1 Å². The summed E-state index contributed by atoms with van der Waals surface area (Å²) in [6.45, 7) is 5.80. The van der Waals surface area contributed by atoms with E-state index in [9.17, 15) is 4.79 Å². The lowest BCUT2D eigenvalue weighted by Crippen LogP contribution is -2.38. The van der Waals surface area contributed by atoms with Gasteiger partial charge in [-0.05, 0) is 37.1 Å². The van der Waals surface area contributed by atoms with E-state index in [-0.39, 0.29) is 17.1 Å². The summed E-state index contributed by atoms with van der Waals surface area (Å²) in [6, 6.07) is 5.21. The number of carbonyl (C=O) groups excluding carboxylic acids is 1. The fraction of sp³-hybridized carbons (Fsp3) is 0.533. The molecule has 0 saturated carbocycles. The summed E-state index contributed by atoms with van der Waals surface area (Å²) >= 11 is 6.03. The zero-order valence-corrected chi connectivity index (χ0v) is 12.4. The molecule has 0 amide bonds. The van der Waals surface area contributed by atoms with Gasteiger partial charge in [-0.2, -0.15) is 0 Å². The van der Waals surface area contributed by atoms with Crippen LogP contribution in [0.25, 0.3) is 0 Å². The number of methoxy groups -OCH3 is 1. The van der Waals surface area contributed by atoms with Crippen molar-refractivity contribution in [2.75, 3.05) is 20.2 Å². The van der Waals surface area contributed by atoms with Crippen molar-refractivity contribution in [1.82, 2.24) is 5.32 Å². The van der Waals surface area contributed by atoms with Gasteiger partial charge in [0.25, 0.3) is 0 Å². The number of ether oxygens (including phenoxy) is 1. The van der Waals surface area contributed by atoms with Crippen molar-refractivity contribution >= 4 is 17.4 Å². The highest BCUT2D eigenvalue weighted by Gasteiger charge is 2.44. The summed E-state index contributed by atoms with van der Waals surface area (Å²) in [6.07, 6.45) is 0.860. The van der Waals surface area contributed by atoms with Crippen LogP contribution < -0.4 is 10.1 Å². The molecule has 1 aliphatic rings. The maximum absolute atomic E-state index is 13.0. The number of hydrogen-bond donors (Lipinski definition) is 1. The van der Waals surface area contributed by atoms with Crippen molar-refractivity contribution in [3.63, 3.8) is 0 Å². The number of ketones is 1. The van der Waals surface area contributed by atoms with Crippen LogP contribution in [0.5, 0.6) is 5.75 Å². The molecule has 1 unspecified atom stereocenters. The normalized spacial score (nSPS) is 22.8. The summed E-state index contributed by atoms with van der Waals surface area (Å²) in [5.74, 6) is 1.01. The molecule has 1 aromatic rings. The van der Waals surface area contributed by atoms with Crippen molar-refractivity contribution < 1.29 is 9.53 Å². The number of nitrogens with one attached hydrogen (secondary N) is 1. The van der Waals surface area contributed by atoms with E-state index in [0.717, 1.165) is 19.5 Å². The molecular weight excluding hydrogens is 262 g/mol. The zero-order chi connectivity index (χ0) is 14.0. The van der Waals surface area contributed by atoms with Gasteiger partial charge in [-0.25, -0.2) is 0 Å². The molecule has 3 nitrogen and oxygen atoms in total. The first-order valence-electron chi connectivity index (χ1n) is 6.60. The third kappa shape index (κ3) is 2.49. The fourth-order valence-corrected chi connectivity index (χ4v) is 2.96. The van der Waals surface area contributed by atoms with Crippen LogP contribution >= 0.6 is 11.6 Å². The second-order valence-corrected chi connectivity index (χ2v) is 5.85. The van der Waals surface area contributed by atoms with E-state index in [0.29, 0.717) is 16.3 Å². The first kappa shape index (κ1) is 14.4. The van der Waals surface area contributed by atoms with E-state index in [1.165, 1.54) is 0 Å². The Morgan fingerprint density at radius 2 is 2.21 bits per heavy atom. The van der Waals surface area contributed by atoms with Gasteiger partial charge in [-0.1, -0.05) is 25.4 Å². The molecule has 1 aromatic carbocycles. The molecule has 19 heavy (non-hydrogen) atoms. The highest BCUT2D eigenvalue weighted by molar-refractivity contribution is 6.31. The van der Waals surface area contributed by atoms with Gasteiger partial charge in [0, 0.05) is 17.0 Å². The number of halogens is 1. The predicted molar refractivity (Wildman–Crippen MR) is 77.1 cm³/mol. The van der Waals surface area contributed by atoms with Gasteiger partial charge in [-0.15, -0.1) is 0 Å². The van der Waals surface area contributed by atoms with Crippen LogP contribution in [-0.2, 0) is 0 Å². The van der Waals surface area contributed by atoms with Crippen LogP contribution in [0.2, 0.25) is 5.02 Å². The standard InChI is InChI=1S/C15H20ClNO2/c1-10(2)15(6-7-17-9-15)14(18)12-8-11(16)4-5-13(12)19-3/h4-5,8,10,17H,6-7,9H2,1-3H3. The van der Waals surface area contributed by atoms with Crippen LogP contribution in [0.1, 0.15) is 30.6 Å². The molecule has 0 spiro atoms. The van der Waals surface area contributed by atoms with Gasteiger partial charge in [0.15, 0.2) is 5.78 Å². The van der Waals surface area contributed by atoms with Crippen LogP contribution in [0.15, 0.2) is 18.2 Å². The molecule has 0 bridgehead atoms. The third-order valence-corrected chi connectivity index (χ3v) is 4.39. The topological polar surface area (TPSA) is 38.3 Å². The molecule has 1 saturated heterocycles. The largest absolute Gasteiger partial charge is 0.496 e. The second-order valence-electron chi connectivity index (χ2n) is 5.41. The number of rotatable bonds is 4. The Hall–Kier alpha value is -1.06. The van der Waals surface area contributed by atoms with Gasteiger partial charge in [0.2, 0.25) is 0 Å². The van der Waals surface area contributed by atoms with E-state index in [1.807, 2.05) is 0 Å². The maximum Gasteiger partial charge on any atom is 0.174 e. The van der Waals surface area contributed by atoms with Crippen molar-refractivity contribution in [3.8, 4) is 5.75 Å². The Balaban J connectivity index is 2.45. The monoisotopic (exact) mass is 281 g/mol. The summed E-state index contributed by atoms with van der Waals surface area (Å²) < 4.78 is 5.31. The summed E-state index contributed by atoms with van der Waals surface area (Å²) in [5.41, 5.74) is 0.241. The van der Waals surface area contributed by atoms with E-state index in [4.69, 9.17) is 16.3 Å². The Bertz CT molecular complexity index is 479. The summed E-state index contributed by atoms with van der Waals surface area (Å²) in [5, 5.41) is 3.87. The average molecular weight is 282 g/mol. The van der Waals surface area contributed by atoms with E-state index in [2.05, 4.69) is 19.2 Å². The number of benzene rings is 1. The maximum atomic E-state index is 13.0. The second kappa shape index (κ2) is 5.51. The van der Waals surface area contributed by atoms with Crippen molar-refractivity contribution in [2.45, 2.75) is 20.3 Å². The van der Waals surface area contributed by atoms with Crippen LogP contribution in [0.4, 0.5) is 0 Å². The number of Topliss-reactive ketones (excluding diaryl/α,β-unsaturated/α-hetero) is 1. The molecule has 104 valence electrons. The van der Waals surface area contributed by atoms with E-state index >= 15 is 0 Å². The Morgan fingerprint density at radius 3 is 2.74 bits per heavy atom. The highest BCUT2D eigenvalue weighted by Crippen LogP contribution is 2.40. The van der Waals surface area contributed by atoms with Gasteiger partial charge in [-0.3, -0.25) is 4.79 Å². The highest BCUT2D eigenvalue weighted by atomic mass is 35.5. The molecule has 2 rings (SSSR count). The lowest BCUT2D eigenvalue weighted by Gasteiger charge is -2.31. The average Bonchev–Trinajstić information content (AvgIpc) is 2.88. The fourth-order valence-electron chi connectivity index (χ4n) is 2.79. The van der Waals surface area contributed by atoms with Crippen LogP contribution in [0.3, 0.4) is 0 Å². The quantitative estimate of drug-likeness (QED) is 0.862. The van der Waals surface area contributed by atoms with Gasteiger partial charge in [0.1, 0.15) is 5.75 Å². The zero-order valence-electron chi connectivity index (χ0n) is 11.6.